The first kappa shape index (κ1) is 15.9. The quantitative estimate of drug-likeness (QED) is 0.752. The van der Waals surface area contributed by atoms with E-state index in [4.69, 9.17) is 4.74 Å². The molecule has 0 saturated heterocycles. The number of benzene rings is 1. The van der Waals surface area contributed by atoms with E-state index in [1.54, 1.807) is 18.4 Å². The van der Waals surface area contributed by atoms with Gasteiger partial charge >= 0.3 is 0 Å². The lowest BCUT2D eigenvalue weighted by molar-refractivity contribution is 0.403. The van der Waals surface area contributed by atoms with Crippen LogP contribution in [0.2, 0.25) is 0 Å². The maximum absolute atomic E-state index is 5.45. The van der Waals surface area contributed by atoms with Gasteiger partial charge in [0.1, 0.15) is 10.8 Å². The molecule has 2 aromatic rings. The zero-order valence-corrected chi connectivity index (χ0v) is 15.5. The van der Waals surface area contributed by atoms with E-state index < -0.39 is 0 Å². The second kappa shape index (κ2) is 7.02. The fourth-order valence-corrected chi connectivity index (χ4v) is 4.20. The van der Waals surface area contributed by atoms with Crippen molar-refractivity contribution in [3.05, 3.63) is 42.7 Å². The molecule has 0 bridgehead atoms. The third-order valence-corrected chi connectivity index (χ3v) is 5.09. The number of hydrogen-bond acceptors (Lipinski definition) is 4. The smallest absolute Gasteiger partial charge is 0.137 e. The zero-order valence-electron chi connectivity index (χ0n) is 11.5. The van der Waals surface area contributed by atoms with Crippen molar-refractivity contribution < 1.29 is 4.74 Å². The van der Waals surface area contributed by atoms with Gasteiger partial charge in [0.15, 0.2) is 0 Å². The highest BCUT2D eigenvalue weighted by molar-refractivity contribution is 9.11. The topological polar surface area (TPSA) is 34.1 Å². The molecule has 3 nitrogen and oxygen atoms in total. The summed E-state index contributed by atoms with van der Waals surface area (Å²) in [6.45, 7) is 4.86. The number of nitrogens with one attached hydrogen (secondary N) is 1. The average Bonchev–Trinajstić information content (AvgIpc) is 2.82. The van der Waals surface area contributed by atoms with Crippen molar-refractivity contribution >= 4 is 43.2 Å². The molecule has 108 valence electrons. The highest BCUT2D eigenvalue weighted by Gasteiger charge is 2.13. The van der Waals surface area contributed by atoms with Gasteiger partial charge in [-0.05, 0) is 41.9 Å². The Labute approximate surface area is 140 Å². The maximum Gasteiger partial charge on any atom is 0.137 e. The largest absolute Gasteiger partial charge is 0.495 e. The lowest BCUT2D eigenvalue weighted by atomic mass is 10.2. The van der Waals surface area contributed by atoms with Gasteiger partial charge in [-0.1, -0.05) is 15.9 Å². The fraction of sp³-hybridized carbons (Fsp3) is 0.357. The molecule has 0 aliphatic heterocycles. The Bertz CT molecular complexity index is 601. The van der Waals surface area contributed by atoms with Crippen LogP contribution < -0.4 is 10.1 Å². The van der Waals surface area contributed by atoms with Crippen LogP contribution in [0.3, 0.4) is 0 Å². The SMILES string of the molecule is COc1c(Br)cc(Br)cc1CNC(C)c1nc(C)cs1. The highest BCUT2D eigenvalue weighted by atomic mass is 79.9. The van der Waals surface area contributed by atoms with Gasteiger partial charge in [0.2, 0.25) is 0 Å². The van der Waals surface area contributed by atoms with E-state index >= 15 is 0 Å². The predicted octanol–water partition coefficient (Wildman–Crippen LogP) is 4.84. The Morgan fingerprint density at radius 2 is 2.15 bits per heavy atom. The molecule has 1 N–H and O–H groups in total. The minimum absolute atomic E-state index is 0.219. The summed E-state index contributed by atoms with van der Waals surface area (Å²) in [6.07, 6.45) is 0. The molecule has 0 amide bonds. The molecule has 0 radical (unpaired) electrons. The van der Waals surface area contributed by atoms with E-state index in [0.717, 1.165) is 37.5 Å². The molecule has 2 rings (SSSR count). The van der Waals surface area contributed by atoms with E-state index in [0.29, 0.717) is 0 Å². The molecule has 1 aromatic carbocycles. The fourth-order valence-electron chi connectivity index (χ4n) is 1.89. The van der Waals surface area contributed by atoms with Gasteiger partial charge in [0.05, 0.1) is 17.6 Å². The van der Waals surface area contributed by atoms with Crippen molar-refractivity contribution in [3.8, 4) is 5.75 Å². The van der Waals surface area contributed by atoms with Gasteiger partial charge in [0.25, 0.3) is 0 Å². The van der Waals surface area contributed by atoms with E-state index in [9.17, 15) is 0 Å². The van der Waals surface area contributed by atoms with Gasteiger partial charge in [-0.15, -0.1) is 11.3 Å². The number of halogens is 2. The van der Waals surface area contributed by atoms with Gasteiger partial charge < -0.3 is 10.1 Å². The van der Waals surface area contributed by atoms with E-state index in [2.05, 4.69) is 60.5 Å². The first-order valence-electron chi connectivity index (χ1n) is 6.18. The monoisotopic (exact) mass is 418 g/mol. The molecular formula is C14H16Br2N2OS. The summed E-state index contributed by atoms with van der Waals surface area (Å²) in [5, 5.41) is 6.66. The number of methoxy groups -OCH3 is 1. The summed E-state index contributed by atoms with van der Waals surface area (Å²) < 4.78 is 7.43. The van der Waals surface area contributed by atoms with Crippen molar-refractivity contribution in [1.82, 2.24) is 10.3 Å². The summed E-state index contributed by atoms with van der Waals surface area (Å²) in [7, 11) is 1.69. The van der Waals surface area contributed by atoms with Gasteiger partial charge in [-0.3, -0.25) is 0 Å². The lowest BCUT2D eigenvalue weighted by Gasteiger charge is -2.15. The molecule has 1 unspecified atom stereocenters. The standard InChI is InChI=1S/C14H16Br2N2OS/c1-8-7-20-14(18-8)9(2)17-6-10-4-11(15)5-12(16)13(10)19-3/h4-5,7,9,17H,6H2,1-3H3. The molecule has 1 heterocycles. The van der Waals surface area contributed by atoms with Crippen molar-refractivity contribution in [2.45, 2.75) is 26.4 Å². The normalized spacial score (nSPS) is 12.4. The highest BCUT2D eigenvalue weighted by Crippen LogP contribution is 2.33. The van der Waals surface area contributed by atoms with Crippen molar-refractivity contribution in [2.75, 3.05) is 7.11 Å². The summed E-state index contributed by atoms with van der Waals surface area (Å²) >= 11 is 8.71. The third kappa shape index (κ3) is 3.81. The Balaban J connectivity index is 2.10. The van der Waals surface area contributed by atoms with Crippen LogP contribution >= 0.6 is 43.2 Å². The third-order valence-electron chi connectivity index (χ3n) is 2.90. The zero-order chi connectivity index (χ0) is 14.7. The maximum atomic E-state index is 5.45. The van der Waals surface area contributed by atoms with Crippen molar-refractivity contribution in [1.29, 1.82) is 0 Å². The average molecular weight is 420 g/mol. The number of hydrogen-bond donors (Lipinski definition) is 1. The molecule has 0 aliphatic carbocycles. The molecule has 0 aliphatic rings. The molecule has 0 spiro atoms. The molecule has 6 heteroatoms. The first-order chi connectivity index (χ1) is 9.51. The Kier molecular flexibility index (Phi) is 5.60. The van der Waals surface area contributed by atoms with E-state index in [-0.39, 0.29) is 6.04 Å². The van der Waals surface area contributed by atoms with Crippen LogP contribution in [-0.4, -0.2) is 12.1 Å². The van der Waals surface area contributed by atoms with Crippen molar-refractivity contribution in [3.63, 3.8) is 0 Å². The molecule has 1 atom stereocenters. The lowest BCUT2D eigenvalue weighted by Crippen LogP contribution is -2.18. The Morgan fingerprint density at radius 1 is 1.40 bits per heavy atom. The first-order valence-corrected chi connectivity index (χ1v) is 8.65. The van der Waals surface area contributed by atoms with E-state index in [1.165, 1.54) is 0 Å². The number of aryl methyl sites for hydroxylation is 1. The second-order valence-corrected chi connectivity index (χ2v) is 7.17. The van der Waals surface area contributed by atoms with Gasteiger partial charge in [0, 0.05) is 27.7 Å². The minimum Gasteiger partial charge on any atom is -0.495 e. The number of thiazole rings is 1. The van der Waals surface area contributed by atoms with Crippen molar-refractivity contribution in [2.24, 2.45) is 0 Å². The summed E-state index contributed by atoms with van der Waals surface area (Å²) in [4.78, 5) is 4.51. The number of rotatable bonds is 5. The van der Waals surface area contributed by atoms with Crippen LogP contribution in [0.25, 0.3) is 0 Å². The summed E-state index contributed by atoms with van der Waals surface area (Å²) in [5.41, 5.74) is 2.18. The van der Waals surface area contributed by atoms with Gasteiger partial charge in [-0.25, -0.2) is 4.98 Å². The Morgan fingerprint density at radius 3 is 2.75 bits per heavy atom. The number of ether oxygens (including phenoxy) is 1. The summed E-state index contributed by atoms with van der Waals surface area (Å²) in [5.74, 6) is 0.864. The number of aromatic nitrogens is 1. The minimum atomic E-state index is 0.219. The van der Waals surface area contributed by atoms with Crippen LogP contribution in [0.1, 0.15) is 29.2 Å². The molecule has 0 fully saturated rings. The van der Waals surface area contributed by atoms with Crippen LogP contribution in [0.4, 0.5) is 0 Å². The molecule has 0 saturated carbocycles. The molecule has 1 aromatic heterocycles. The second-order valence-electron chi connectivity index (χ2n) is 4.51. The summed E-state index contributed by atoms with van der Waals surface area (Å²) in [6, 6.07) is 4.27. The van der Waals surface area contributed by atoms with Crippen LogP contribution in [0, 0.1) is 6.92 Å². The van der Waals surface area contributed by atoms with Crippen LogP contribution in [-0.2, 0) is 6.54 Å². The van der Waals surface area contributed by atoms with Gasteiger partial charge in [-0.2, -0.15) is 0 Å². The number of nitrogens with zero attached hydrogens (tertiary/aromatic N) is 1. The molecule has 20 heavy (non-hydrogen) atoms. The predicted molar refractivity (Wildman–Crippen MR) is 90.5 cm³/mol. The van der Waals surface area contributed by atoms with Crippen LogP contribution in [0.5, 0.6) is 5.75 Å². The Hall–Kier alpha value is -0.430. The van der Waals surface area contributed by atoms with E-state index in [1.807, 2.05) is 13.0 Å². The van der Waals surface area contributed by atoms with Crippen LogP contribution in [0.15, 0.2) is 26.5 Å². The molecular weight excluding hydrogens is 404 g/mol.